The number of hydrogen-bond acceptors (Lipinski definition) is 1. The number of fused-ring (bicyclic) bond motifs is 3. The van der Waals surface area contributed by atoms with Crippen molar-refractivity contribution in [1.82, 2.24) is 4.98 Å². The summed E-state index contributed by atoms with van der Waals surface area (Å²) in [7, 11) is 0. The maximum absolute atomic E-state index is 5.73. The van der Waals surface area contributed by atoms with E-state index in [1.807, 2.05) is 0 Å². The summed E-state index contributed by atoms with van der Waals surface area (Å²) in [6, 6.07) is 22.1. The molecule has 0 saturated heterocycles. The number of benzene rings is 3. The van der Waals surface area contributed by atoms with Crippen LogP contribution in [0.5, 0.6) is 0 Å². The zero-order valence-corrected chi connectivity index (χ0v) is 15.4. The van der Waals surface area contributed by atoms with Gasteiger partial charge in [0.15, 0.2) is 0 Å². The summed E-state index contributed by atoms with van der Waals surface area (Å²) >= 11 is 0. The highest BCUT2D eigenvalue weighted by Crippen LogP contribution is 2.35. The molecule has 0 bridgehead atoms. The molecule has 0 saturated carbocycles. The molecule has 0 spiro atoms. The van der Waals surface area contributed by atoms with Crippen LogP contribution in [-0.4, -0.2) is 11.5 Å². The zero-order valence-electron chi connectivity index (χ0n) is 15.4. The molecule has 0 aliphatic heterocycles. The normalized spacial score (nSPS) is 11.5. The first kappa shape index (κ1) is 16.9. The number of H-pyrrole nitrogens is 1. The van der Waals surface area contributed by atoms with Crippen molar-refractivity contribution in [2.24, 2.45) is 5.73 Å². The monoisotopic (exact) mass is 342 g/mol. The van der Waals surface area contributed by atoms with E-state index >= 15 is 0 Å². The van der Waals surface area contributed by atoms with Crippen molar-refractivity contribution in [2.75, 3.05) is 6.54 Å². The molecule has 2 heteroatoms. The standard InChI is InChI=1S/C24H26N2/c1-2-17-10-12-19(13-11-17)23-21(9-5-6-16-25)22-15-14-18-7-3-4-8-20(18)24(22)26-23/h3-4,7-8,10-15,26H,2,5-6,9,16,25H2,1H3. The van der Waals surface area contributed by atoms with Gasteiger partial charge in [-0.15, -0.1) is 0 Å². The molecule has 4 aromatic rings. The molecular formula is C24H26N2. The average molecular weight is 342 g/mol. The van der Waals surface area contributed by atoms with E-state index in [1.54, 1.807) is 0 Å². The molecule has 1 aromatic heterocycles. The number of aryl methyl sites for hydroxylation is 2. The molecule has 2 nitrogen and oxygen atoms in total. The van der Waals surface area contributed by atoms with Gasteiger partial charge < -0.3 is 10.7 Å². The molecule has 0 aliphatic rings. The molecule has 1 heterocycles. The van der Waals surface area contributed by atoms with E-state index in [0.29, 0.717) is 0 Å². The molecule has 0 unspecified atom stereocenters. The lowest BCUT2D eigenvalue weighted by Crippen LogP contribution is -1.99. The average Bonchev–Trinajstić information content (AvgIpc) is 3.07. The number of aromatic amines is 1. The summed E-state index contributed by atoms with van der Waals surface area (Å²) in [4.78, 5) is 3.76. The molecule has 0 radical (unpaired) electrons. The van der Waals surface area contributed by atoms with Gasteiger partial charge in [0.1, 0.15) is 0 Å². The second-order valence-electron chi connectivity index (χ2n) is 6.98. The van der Waals surface area contributed by atoms with E-state index in [0.717, 1.165) is 32.2 Å². The Morgan fingerprint density at radius 1 is 0.846 bits per heavy atom. The van der Waals surface area contributed by atoms with Gasteiger partial charge in [-0.3, -0.25) is 0 Å². The van der Waals surface area contributed by atoms with Crippen LogP contribution < -0.4 is 5.73 Å². The molecule has 3 aromatic carbocycles. The lowest BCUT2D eigenvalue weighted by molar-refractivity contribution is 0.748. The molecule has 4 rings (SSSR count). The van der Waals surface area contributed by atoms with Crippen molar-refractivity contribution >= 4 is 21.7 Å². The molecule has 26 heavy (non-hydrogen) atoms. The summed E-state index contributed by atoms with van der Waals surface area (Å²) in [6.07, 6.45) is 4.31. The van der Waals surface area contributed by atoms with Gasteiger partial charge in [0.2, 0.25) is 0 Å². The highest BCUT2D eigenvalue weighted by molar-refractivity contribution is 6.08. The molecule has 0 aliphatic carbocycles. The van der Waals surface area contributed by atoms with Crippen molar-refractivity contribution in [3.63, 3.8) is 0 Å². The molecule has 0 atom stereocenters. The minimum absolute atomic E-state index is 0.756. The number of hydrogen-bond donors (Lipinski definition) is 2. The van der Waals surface area contributed by atoms with E-state index < -0.39 is 0 Å². The highest BCUT2D eigenvalue weighted by Gasteiger charge is 2.14. The predicted molar refractivity (Wildman–Crippen MR) is 113 cm³/mol. The van der Waals surface area contributed by atoms with Crippen LogP contribution in [0.3, 0.4) is 0 Å². The SMILES string of the molecule is CCc1ccc(-c2[nH]c3c(ccc4ccccc43)c2CCCCN)cc1. The minimum Gasteiger partial charge on any atom is -0.354 e. The van der Waals surface area contributed by atoms with Crippen molar-refractivity contribution in [3.8, 4) is 11.3 Å². The summed E-state index contributed by atoms with van der Waals surface area (Å²) in [5.74, 6) is 0. The van der Waals surface area contributed by atoms with E-state index in [9.17, 15) is 0 Å². The third-order valence-electron chi connectivity index (χ3n) is 5.34. The summed E-state index contributed by atoms with van der Waals surface area (Å²) in [5.41, 5.74) is 12.3. The second-order valence-corrected chi connectivity index (χ2v) is 6.98. The van der Waals surface area contributed by atoms with Crippen molar-refractivity contribution in [3.05, 3.63) is 71.8 Å². The van der Waals surface area contributed by atoms with E-state index in [1.165, 1.54) is 44.1 Å². The van der Waals surface area contributed by atoms with E-state index in [2.05, 4.69) is 72.6 Å². The molecule has 3 N–H and O–H groups in total. The molecular weight excluding hydrogens is 316 g/mol. The lowest BCUT2D eigenvalue weighted by atomic mass is 9.98. The number of aromatic nitrogens is 1. The predicted octanol–water partition coefficient (Wildman–Crippen LogP) is 5.83. The van der Waals surface area contributed by atoms with E-state index in [-0.39, 0.29) is 0 Å². The van der Waals surface area contributed by atoms with Crippen molar-refractivity contribution in [1.29, 1.82) is 0 Å². The van der Waals surface area contributed by atoms with Gasteiger partial charge in [-0.2, -0.15) is 0 Å². The van der Waals surface area contributed by atoms with Crippen molar-refractivity contribution < 1.29 is 0 Å². The number of rotatable bonds is 6. The highest BCUT2D eigenvalue weighted by atomic mass is 14.7. The fraction of sp³-hybridized carbons (Fsp3) is 0.250. The number of nitrogens with two attached hydrogens (primary N) is 1. The molecule has 0 amide bonds. The number of unbranched alkanes of at least 4 members (excludes halogenated alkanes) is 1. The number of nitrogens with one attached hydrogen (secondary N) is 1. The fourth-order valence-electron chi connectivity index (χ4n) is 3.85. The Labute approximate surface area is 155 Å². The maximum Gasteiger partial charge on any atom is 0.0541 e. The van der Waals surface area contributed by atoms with Gasteiger partial charge in [-0.05, 0) is 54.3 Å². The van der Waals surface area contributed by atoms with Crippen LogP contribution in [0.1, 0.15) is 30.9 Å². The summed E-state index contributed by atoms with van der Waals surface area (Å²) in [5, 5.41) is 3.92. The Hall–Kier alpha value is -2.58. The molecule has 132 valence electrons. The fourth-order valence-corrected chi connectivity index (χ4v) is 3.85. The Balaban J connectivity index is 1.90. The summed E-state index contributed by atoms with van der Waals surface area (Å²) in [6.45, 7) is 2.95. The minimum atomic E-state index is 0.756. The quantitative estimate of drug-likeness (QED) is 0.425. The maximum atomic E-state index is 5.73. The van der Waals surface area contributed by atoms with Crippen LogP contribution in [0.15, 0.2) is 60.7 Å². The molecule has 0 fully saturated rings. The van der Waals surface area contributed by atoms with Crippen LogP contribution >= 0.6 is 0 Å². The van der Waals surface area contributed by atoms with E-state index in [4.69, 9.17) is 5.73 Å². The first-order chi connectivity index (χ1) is 12.8. The van der Waals surface area contributed by atoms with Crippen molar-refractivity contribution in [2.45, 2.75) is 32.6 Å². The first-order valence-electron chi connectivity index (χ1n) is 9.63. The Bertz CT molecular complexity index is 1030. The van der Waals surface area contributed by atoms with Crippen LogP contribution in [0.25, 0.3) is 32.9 Å². The topological polar surface area (TPSA) is 41.8 Å². The lowest BCUT2D eigenvalue weighted by Gasteiger charge is -2.06. The first-order valence-corrected chi connectivity index (χ1v) is 9.63. The van der Waals surface area contributed by atoms with Crippen LogP contribution in [0.2, 0.25) is 0 Å². The largest absolute Gasteiger partial charge is 0.354 e. The van der Waals surface area contributed by atoms with Gasteiger partial charge in [0.25, 0.3) is 0 Å². The van der Waals surface area contributed by atoms with Gasteiger partial charge in [-0.1, -0.05) is 67.6 Å². The van der Waals surface area contributed by atoms with Crippen LogP contribution in [0.4, 0.5) is 0 Å². The third-order valence-corrected chi connectivity index (χ3v) is 5.34. The zero-order chi connectivity index (χ0) is 17.9. The smallest absolute Gasteiger partial charge is 0.0541 e. The third kappa shape index (κ3) is 3.02. The second kappa shape index (κ2) is 7.35. The van der Waals surface area contributed by atoms with Gasteiger partial charge in [-0.25, -0.2) is 0 Å². The Kier molecular flexibility index (Phi) is 4.77. The van der Waals surface area contributed by atoms with Gasteiger partial charge in [0, 0.05) is 16.5 Å². The Morgan fingerprint density at radius 3 is 2.42 bits per heavy atom. The van der Waals surface area contributed by atoms with Crippen LogP contribution in [-0.2, 0) is 12.8 Å². The van der Waals surface area contributed by atoms with Crippen LogP contribution in [0, 0.1) is 0 Å². The van der Waals surface area contributed by atoms with Gasteiger partial charge in [0.05, 0.1) is 5.52 Å². The summed E-state index contributed by atoms with van der Waals surface area (Å²) < 4.78 is 0. The Morgan fingerprint density at radius 2 is 1.65 bits per heavy atom. The van der Waals surface area contributed by atoms with Gasteiger partial charge >= 0.3 is 0 Å².